The molecule has 1 aliphatic rings. The molecule has 0 radical (unpaired) electrons. The van der Waals surface area contributed by atoms with Crippen LogP contribution >= 0.6 is 23.4 Å². The zero-order chi connectivity index (χ0) is 12.8. The van der Waals surface area contributed by atoms with Crippen LogP contribution in [0, 0.1) is 0 Å². The highest BCUT2D eigenvalue weighted by atomic mass is 35.5. The molecule has 1 aliphatic heterocycles. The molecule has 1 fully saturated rings. The first-order valence-corrected chi connectivity index (χ1v) is 7.48. The van der Waals surface area contributed by atoms with Gasteiger partial charge in [0.15, 0.2) is 0 Å². The fourth-order valence-corrected chi connectivity index (χ4v) is 2.99. The van der Waals surface area contributed by atoms with Gasteiger partial charge in [0, 0.05) is 50.1 Å². The minimum Gasteiger partial charge on any atom is -0.351 e. The lowest BCUT2D eigenvalue weighted by Crippen LogP contribution is -2.39. The van der Waals surface area contributed by atoms with Gasteiger partial charge in [-0.25, -0.2) is 0 Å². The van der Waals surface area contributed by atoms with Gasteiger partial charge >= 0.3 is 0 Å². The van der Waals surface area contributed by atoms with E-state index in [4.69, 9.17) is 11.6 Å². The first kappa shape index (κ1) is 13.6. The van der Waals surface area contributed by atoms with Gasteiger partial charge in [0.1, 0.15) is 0 Å². The second-order valence-electron chi connectivity index (χ2n) is 4.07. The number of hydrogen-bond acceptors (Lipinski definition) is 4. The van der Waals surface area contributed by atoms with Crippen LogP contribution in [0.1, 0.15) is 10.4 Å². The lowest BCUT2D eigenvalue weighted by molar-refractivity contribution is 0.0949. The Kier molecular flexibility index (Phi) is 5.28. The van der Waals surface area contributed by atoms with Crippen molar-refractivity contribution in [1.82, 2.24) is 15.2 Å². The third kappa shape index (κ3) is 3.86. The van der Waals surface area contributed by atoms with Crippen molar-refractivity contribution < 1.29 is 4.79 Å². The maximum absolute atomic E-state index is 11.9. The quantitative estimate of drug-likeness (QED) is 0.911. The van der Waals surface area contributed by atoms with E-state index in [1.54, 1.807) is 12.3 Å². The molecule has 0 spiro atoms. The third-order valence-electron chi connectivity index (χ3n) is 2.83. The lowest BCUT2D eigenvalue weighted by Gasteiger charge is -2.26. The fraction of sp³-hybridized carbons (Fsp3) is 0.500. The standard InChI is InChI=1S/C12H16ClN3OS/c13-11-9-14-2-1-10(11)12(17)15-3-4-16-5-7-18-8-6-16/h1-2,9H,3-8H2,(H,15,17). The maximum Gasteiger partial charge on any atom is 0.252 e. The van der Waals surface area contributed by atoms with Crippen molar-refractivity contribution >= 4 is 29.3 Å². The maximum atomic E-state index is 11.9. The van der Waals surface area contributed by atoms with E-state index in [0.717, 1.165) is 19.6 Å². The molecule has 0 atom stereocenters. The molecule has 2 rings (SSSR count). The van der Waals surface area contributed by atoms with Gasteiger partial charge in [0.05, 0.1) is 10.6 Å². The molecule has 1 saturated heterocycles. The molecule has 2 heterocycles. The Morgan fingerprint density at radius 2 is 2.28 bits per heavy atom. The highest BCUT2D eigenvalue weighted by Gasteiger charge is 2.12. The smallest absolute Gasteiger partial charge is 0.252 e. The number of carbonyl (C=O) groups excluding carboxylic acids is 1. The van der Waals surface area contributed by atoms with Crippen LogP contribution in [-0.4, -0.2) is 53.5 Å². The molecule has 1 amide bonds. The van der Waals surface area contributed by atoms with Crippen molar-refractivity contribution in [3.63, 3.8) is 0 Å². The molecule has 0 saturated carbocycles. The Morgan fingerprint density at radius 3 is 3.00 bits per heavy atom. The summed E-state index contributed by atoms with van der Waals surface area (Å²) in [5, 5.41) is 3.28. The second kappa shape index (κ2) is 6.97. The second-order valence-corrected chi connectivity index (χ2v) is 5.70. The summed E-state index contributed by atoms with van der Waals surface area (Å²) in [6.07, 6.45) is 3.06. The van der Waals surface area contributed by atoms with E-state index < -0.39 is 0 Å². The van der Waals surface area contributed by atoms with Crippen LogP contribution < -0.4 is 5.32 Å². The monoisotopic (exact) mass is 285 g/mol. The molecule has 0 unspecified atom stereocenters. The minimum atomic E-state index is -0.131. The molecule has 0 bridgehead atoms. The van der Waals surface area contributed by atoms with Gasteiger partial charge in [-0.1, -0.05) is 11.6 Å². The molecule has 18 heavy (non-hydrogen) atoms. The Hall–Kier alpha value is -0.780. The zero-order valence-corrected chi connectivity index (χ0v) is 11.6. The summed E-state index contributed by atoms with van der Waals surface area (Å²) in [5.74, 6) is 2.24. The summed E-state index contributed by atoms with van der Waals surface area (Å²) >= 11 is 7.89. The number of amides is 1. The van der Waals surface area contributed by atoms with E-state index in [1.807, 2.05) is 11.8 Å². The van der Waals surface area contributed by atoms with Crippen LogP contribution in [0.3, 0.4) is 0 Å². The molecule has 1 N–H and O–H groups in total. The Morgan fingerprint density at radius 1 is 1.50 bits per heavy atom. The first-order chi connectivity index (χ1) is 8.77. The number of aromatic nitrogens is 1. The summed E-state index contributed by atoms with van der Waals surface area (Å²) in [6.45, 7) is 3.77. The summed E-state index contributed by atoms with van der Waals surface area (Å²) in [6, 6.07) is 1.63. The Labute approximate surface area is 116 Å². The summed E-state index contributed by atoms with van der Waals surface area (Å²) < 4.78 is 0. The number of rotatable bonds is 4. The van der Waals surface area contributed by atoms with Gasteiger partial charge in [-0.3, -0.25) is 14.7 Å². The minimum absolute atomic E-state index is 0.131. The van der Waals surface area contributed by atoms with Gasteiger partial charge in [0.25, 0.3) is 5.91 Å². The largest absolute Gasteiger partial charge is 0.351 e. The summed E-state index contributed by atoms with van der Waals surface area (Å²) in [7, 11) is 0. The van der Waals surface area contributed by atoms with E-state index in [1.165, 1.54) is 17.7 Å². The zero-order valence-electron chi connectivity index (χ0n) is 10.1. The van der Waals surface area contributed by atoms with Crippen molar-refractivity contribution in [2.45, 2.75) is 0 Å². The van der Waals surface area contributed by atoms with E-state index in [2.05, 4.69) is 15.2 Å². The van der Waals surface area contributed by atoms with Crippen LogP contribution in [0.4, 0.5) is 0 Å². The Balaban J connectivity index is 1.76. The Bertz CT molecular complexity index is 410. The van der Waals surface area contributed by atoms with Crippen LogP contribution in [0.2, 0.25) is 5.02 Å². The van der Waals surface area contributed by atoms with Crippen molar-refractivity contribution in [2.75, 3.05) is 37.7 Å². The molecule has 6 heteroatoms. The highest BCUT2D eigenvalue weighted by molar-refractivity contribution is 7.99. The van der Waals surface area contributed by atoms with Crippen molar-refractivity contribution in [3.05, 3.63) is 29.0 Å². The van der Waals surface area contributed by atoms with Crippen molar-refractivity contribution in [3.8, 4) is 0 Å². The average molecular weight is 286 g/mol. The normalized spacial score (nSPS) is 16.5. The molecule has 98 valence electrons. The first-order valence-electron chi connectivity index (χ1n) is 5.95. The third-order valence-corrected chi connectivity index (χ3v) is 4.08. The van der Waals surface area contributed by atoms with Crippen molar-refractivity contribution in [2.24, 2.45) is 0 Å². The lowest BCUT2D eigenvalue weighted by atomic mass is 10.2. The predicted molar refractivity (Wildman–Crippen MR) is 75.3 cm³/mol. The van der Waals surface area contributed by atoms with Crippen LogP contribution in [-0.2, 0) is 0 Å². The van der Waals surface area contributed by atoms with E-state index >= 15 is 0 Å². The molecule has 1 aromatic heterocycles. The van der Waals surface area contributed by atoms with Crippen LogP contribution in [0.25, 0.3) is 0 Å². The van der Waals surface area contributed by atoms with Gasteiger partial charge in [-0.15, -0.1) is 0 Å². The molecular weight excluding hydrogens is 270 g/mol. The van der Waals surface area contributed by atoms with Crippen LogP contribution in [0.5, 0.6) is 0 Å². The number of halogens is 1. The molecule has 0 aliphatic carbocycles. The number of thioether (sulfide) groups is 1. The number of hydrogen-bond donors (Lipinski definition) is 1. The van der Waals surface area contributed by atoms with Gasteiger partial charge in [0.2, 0.25) is 0 Å². The van der Waals surface area contributed by atoms with Gasteiger partial charge in [-0.05, 0) is 6.07 Å². The van der Waals surface area contributed by atoms with Gasteiger partial charge < -0.3 is 5.32 Å². The van der Waals surface area contributed by atoms with E-state index in [9.17, 15) is 4.79 Å². The fourth-order valence-electron chi connectivity index (χ4n) is 1.81. The summed E-state index contributed by atoms with van der Waals surface area (Å²) in [4.78, 5) is 18.1. The number of pyridine rings is 1. The van der Waals surface area contributed by atoms with Gasteiger partial charge in [-0.2, -0.15) is 11.8 Å². The molecule has 0 aromatic carbocycles. The number of nitrogens with one attached hydrogen (secondary N) is 1. The predicted octanol–water partition coefficient (Wildman–Crippen LogP) is 1.51. The topological polar surface area (TPSA) is 45.2 Å². The van der Waals surface area contributed by atoms with Crippen LogP contribution in [0.15, 0.2) is 18.5 Å². The molecule has 4 nitrogen and oxygen atoms in total. The summed E-state index contributed by atoms with van der Waals surface area (Å²) in [5.41, 5.74) is 0.487. The van der Waals surface area contributed by atoms with E-state index in [-0.39, 0.29) is 5.91 Å². The number of nitrogens with zero attached hydrogens (tertiary/aromatic N) is 2. The number of carbonyl (C=O) groups is 1. The highest BCUT2D eigenvalue weighted by Crippen LogP contribution is 2.12. The average Bonchev–Trinajstić information content (AvgIpc) is 2.40. The SMILES string of the molecule is O=C(NCCN1CCSCC1)c1ccncc1Cl. The van der Waals surface area contributed by atoms with E-state index in [0.29, 0.717) is 17.1 Å². The molecule has 1 aromatic rings. The van der Waals surface area contributed by atoms with Crippen molar-refractivity contribution in [1.29, 1.82) is 0 Å². The molecular formula is C12H16ClN3OS.